The van der Waals surface area contributed by atoms with E-state index in [0.717, 1.165) is 22.6 Å². The van der Waals surface area contributed by atoms with E-state index in [0.29, 0.717) is 38.2 Å². The summed E-state index contributed by atoms with van der Waals surface area (Å²) in [6.07, 6.45) is 1.43. The fraction of sp³-hybridized carbons (Fsp3) is 0.292. The van der Waals surface area contributed by atoms with Crippen molar-refractivity contribution in [3.8, 4) is 5.75 Å². The molecule has 1 N–H and O–H groups in total. The normalized spacial score (nSPS) is 13.6. The molecule has 1 aromatic heterocycles. The van der Waals surface area contributed by atoms with Crippen LogP contribution in [0.3, 0.4) is 0 Å². The maximum Gasteiger partial charge on any atom is 0.254 e. The van der Waals surface area contributed by atoms with E-state index >= 15 is 0 Å². The minimum absolute atomic E-state index is 0.105. The lowest BCUT2D eigenvalue weighted by molar-refractivity contribution is 0.0734. The average Bonchev–Trinajstić information content (AvgIpc) is 3.32. The van der Waals surface area contributed by atoms with Gasteiger partial charge in [-0.1, -0.05) is 12.1 Å². The van der Waals surface area contributed by atoms with Gasteiger partial charge in [0.15, 0.2) is 0 Å². The first kappa shape index (κ1) is 22.5. The number of nitrogens with zero attached hydrogens (tertiary/aromatic N) is 1. The van der Waals surface area contributed by atoms with Crippen LogP contribution in [0.25, 0.3) is 0 Å². The van der Waals surface area contributed by atoms with Crippen molar-refractivity contribution in [3.63, 3.8) is 0 Å². The monoisotopic (exact) mass is 470 g/mol. The molecule has 4 rings (SSSR count). The van der Waals surface area contributed by atoms with Crippen LogP contribution < -0.4 is 9.46 Å². The molecule has 0 spiro atoms. The van der Waals surface area contributed by atoms with Crippen molar-refractivity contribution in [1.82, 2.24) is 9.62 Å². The summed E-state index contributed by atoms with van der Waals surface area (Å²) in [5, 5.41) is 1.97. The van der Waals surface area contributed by atoms with Crippen LogP contribution in [0.1, 0.15) is 33.3 Å². The Morgan fingerprint density at radius 3 is 2.66 bits per heavy atom. The molecular formula is C24H26N2O4S2. The van der Waals surface area contributed by atoms with E-state index in [4.69, 9.17) is 4.74 Å². The second kappa shape index (κ2) is 9.85. The van der Waals surface area contributed by atoms with Crippen LogP contribution in [-0.4, -0.2) is 38.9 Å². The van der Waals surface area contributed by atoms with Gasteiger partial charge in [0, 0.05) is 30.1 Å². The van der Waals surface area contributed by atoms with Gasteiger partial charge in [0.2, 0.25) is 10.0 Å². The molecule has 3 aromatic rings. The number of thiophene rings is 1. The molecule has 1 aliphatic heterocycles. The SMILES string of the molecule is CCOc1ccc2c(c1)CN(C(=O)c1ccc(S(=O)(=O)NCCc3cccs3)cc1)CC2. The smallest absolute Gasteiger partial charge is 0.254 e. The number of rotatable bonds is 8. The lowest BCUT2D eigenvalue weighted by atomic mass is 9.99. The molecule has 0 aliphatic carbocycles. The molecule has 0 atom stereocenters. The lowest BCUT2D eigenvalue weighted by Gasteiger charge is -2.29. The van der Waals surface area contributed by atoms with E-state index in [9.17, 15) is 13.2 Å². The summed E-state index contributed by atoms with van der Waals surface area (Å²) in [7, 11) is -3.62. The highest BCUT2D eigenvalue weighted by molar-refractivity contribution is 7.89. The Morgan fingerprint density at radius 2 is 1.94 bits per heavy atom. The Morgan fingerprint density at radius 1 is 1.12 bits per heavy atom. The highest BCUT2D eigenvalue weighted by Gasteiger charge is 2.23. The zero-order valence-electron chi connectivity index (χ0n) is 17.9. The summed E-state index contributed by atoms with van der Waals surface area (Å²) in [6, 6.07) is 16.1. The van der Waals surface area contributed by atoms with E-state index in [1.54, 1.807) is 28.4 Å². The summed E-state index contributed by atoms with van der Waals surface area (Å²) < 4.78 is 33.3. The van der Waals surface area contributed by atoms with Gasteiger partial charge in [0.25, 0.3) is 5.91 Å². The highest BCUT2D eigenvalue weighted by Crippen LogP contribution is 2.25. The van der Waals surface area contributed by atoms with E-state index in [-0.39, 0.29) is 10.8 Å². The van der Waals surface area contributed by atoms with Crippen molar-refractivity contribution in [2.75, 3.05) is 19.7 Å². The van der Waals surface area contributed by atoms with Gasteiger partial charge in [-0.3, -0.25) is 4.79 Å². The number of sulfonamides is 1. The Hall–Kier alpha value is -2.68. The predicted molar refractivity (Wildman–Crippen MR) is 126 cm³/mol. The molecule has 0 fully saturated rings. The summed E-state index contributed by atoms with van der Waals surface area (Å²) in [6.45, 7) is 4.02. The summed E-state index contributed by atoms with van der Waals surface area (Å²) >= 11 is 1.60. The van der Waals surface area contributed by atoms with Crippen LogP contribution >= 0.6 is 11.3 Å². The van der Waals surface area contributed by atoms with Gasteiger partial charge in [-0.15, -0.1) is 11.3 Å². The Balaban J connectivity index is 1.40. The molecular weight excluding hydrogens is 444 g/mol. The van der Waals surface area contributed by atoms with Crippen molar-refractivity contribution in [2.24, 2.45) is 0 Å². The highest BCUT2D eigenvalue weighted by atomic mass is 32.2. The zero-order valence-corrected chi connectivity index (χ0v) is 19.5. The summed E-state index contributed by atoms with van der Waals surface area (Å²) in [4.78, 5) is 16.1. The number of nitrogens with one attached hydrogen (secondary N) is 1. The number of carbonyl (C=O) groups excluding carboxylic acids is 1. The quantitative estimate of drug-likeness (QED) is 0.542. The topological polar surface area (TPSA) is 75.7 Å². The van der Waals surface area contributed by atoms with Gasteiger partial charge in [0.05, 0.1) is 11.5 Å². The second-order valence-corrected chi connectivity index (χ2v) is 10.4. The van der Waals surface area contributed by atoms with Gasteiger partial charge in [-0.05, 0) is 78.7 Å². The van der Waals surface area contributed by atoms with Crippen molar-refractivity contribution in [3.05, 3.63) is 81.5 Å². The summed E-state index contributed by atoms with van der Waals surface area (Å²) in [5.41, 5.74) is 2.80. The van der Waals surface area contributed by atoms with Crippen LogP contribution in [0.4, 0.5) is 0 Å². The third-order valence-electron chi connectivity index (χ3n) is 5.44. The fourth-order valence-electron chi connectivity index (χ4n) is 3.77. The zero-order chi connectivity index (χ0) is 22.6. The maximum atomic E-state index is 13.0. The molecule has 2 aromatic carbocycles. The third-order valence-corrected chi connectivity index (χ3v) is 7.86. The fourth-order valence-corrected chi connectivity index (χ4v) is 5.51. The van der Waals surface area contributed by atoms with E-state index in [1.807, 2.05) is 36.6 Å². The van der Waals surface area contributed by atoms with Crippen LogP contribution in [0, 0.1) is 0 Å². The third kappa shape index (κ3) is 5.20. The number of hydrogen-bond acceptors (Lipinski definition) is 5. The molecule has 0 unspecified atom stereocenters. The first-order chi connectivity index (χ1) is 15.5. The van der Waals surface area contributed by atoms with Crippen molar-refractivity contribution in [1.29, 1.82) is 0 Å². The Kier molecular flexibility index (Phi) is 6.93. The molecule has 1 amide bonds. The first-order valence-electron chi connectivity index (χ1n) is 10.6. The second-order valence-electron chi connectivity index (χ2n) is 7.59. The Bertz CT molecular complexity index is 1170. The molecule has 2 heterocycles. The maximum absolute atomic E-state index is 13.0. The molecule has 168 valence electrons. The molecule has 0 saturated carbocycles. The molecule has 1 aliphatic rings. The Labute approximate surface area is 192 Å². The van der Waals surface area contributed by atoms with Crippen LogP contribution in [0.15, 0.2) is 64.9 Å². The number of ether oxygens (including phenoxy) is 1. The lowest BCUT2D eigenvalue weighted by Crippen LogP contribution is -2.36. The summed E-state index contributed by atoms with van der Waals surface area (Å²) in [5.74, 6) is 0.703. The van der Waals surface area contributed by atoms with Gasteiger partial charge >= 0.3 is 0 Å². The van der Waals surface area contributed by atoms with Crippen LogP contribution in [0.5, 0.6) is 5.75 Å². The largest absolute Gasteiger partial charge is 0.494 e. The molecule has 32 heavy (non-hydrogen) atoms. The number of benzene rings is 2. The van der Waals surface area contributed by atoms with Crippen LogP contribution in [-0.2, 0) is 29.4 Å². The van der Waals surface area contributed by atoms with Crippen molar-refractivity contribution in [2.45, 2.75) is 31.2 Å². The van der Waals surface area contributed by atoms with Gasteiger partial charge in [0.1, 0.15) is 5.75 Å². The number of hydrogen-bond donors (Lipinski definition) is 1. The number of carbonyl (C=O) groups is 1. The van der Waals surface area contributed by atoms with Crippen molar-refractivity contribution < 1.29 is 17.9 Å². The first-order valence-corrected chi connectivity index (χ1v) is 13.0. The molecule has 0 radical (unpaired) electrons. The van der Waals surface area contributed by atoms with E-state index < -0.39 is 10.0 Å². The standard InChI is InChI=1S/C24H26N2O4S2/c1-2-30-21-8-5-18-12-14-26(17-20(18)16-21)24(27)19-6-9-23(10-7-19)32(28,29)25-13-11-22-4-3-15-31-22/h3-10,15-16,25H,2,11-14,17H2,1H3. The minimum Gasteiger partial charge on any atom is -0.494 e. The minimum atomic E-state index is -3.62. The molecule has 0 saturated heterocycles. The van der Waals surface area contributed by atoms with Gasteiger partial charge in [-0.2, -0.15) is 0 Å². The molecule has 0 bridgehead atoms. The van der Waals surface area contributed by atoms with Gasteiger partial charge < -0.3 is 9.64 Å². The predicted octanol–water partition coefficient (Wildman–Crippen LogP) is 3.87. The van der Waals surface area contributed by atoms with Crippen molar-refractivity contribution >= 4 is 27.3 Å². The average molecular weight is 471 g/mol. The molecule has 8 heteroatoms. The van der Waals surface area contributed by atoms with E-state index in [1.165, 1.54) is 17.7 Å². The van der Waals surface area contributed by atoms with E-state index in [2.05, 4.69) is 10.8 Å². The number of fused-ring (bicyclic) bond motifs is 1. The van der Waals surface area contributed by atoms with Crippen LogP contribution in [0.2, 0.25) is 0 Å². The van der Waals surface area contributed by atoms with Gasteiger partial charge in [-0.25, -0.2) is 13.1 Å². The number of amides is 1. The molecule has 6 nitrogen and oxygen atoms in total.